The van der Waals surface area contributed by atoms with E-state index >= 15 is 0 Å². The van der Waals surface area contributed by atoms with Gasteiger partial charge in [-0.15, -0.1) is 0 Å². The molecule has 1 aliphatic carbocycles. The number of nitrogens with zero attached hydrogens (tertiary/aromatic N) is 1. The highest BCUT2D eigenvalue weighted by atomic mass is 32.2. The normalized spacial score (nSPS) is 27.0. The molecule has 5 nitrogen and oxygen atoms in total. The van der Waals surface area contributed by atoms with Gasteiger partial charge in [-0.1, -0.05) is 0 Å². The van der Waals surface area contributed by atoms with Crippen LogP contribution in [0.15, 0.2) is 0 Å². The number of hydrogen-bond acceptors (Lipinski definition) is 4. The van der Waals surface area contributed by atoms with Crippen LogP contribution in [-0.4, -0.2) is 56.9 Å². The Morgan fingerprint density at radius 2 is 2.06 bits per heavy atom. The van der Waals surface area contributed by atoms with Gasteiger partial charge in [0.1, 0.15) is 0 Å². The molecule has 98 valence electrons. The van der Waals surface area contributed by atoms with Crippen LogP contribution in [0.4, 0.5) is 0 Å². The molecule has 0 spiro atoms. The lowest BCUT2D eigenvalue weighted by Gasteiger charge is -2.23. The second-order valence-corrected chi connectivity index (χ2v) is 7.36. The predicted molar refractivity (Wildman–Crippen MR) is 65.4 cm³/mol. The lowest BCUT2D eigenvalue weighted by atomic mass is 10.2. The Hall–Kier alpha value is -0.620. The second kappa shape index (κ2) is 4.94. The highest BCUT2D eigenvalue weighted by Gasteiger charge is 2.32. The zero-order chi connectivity index (χ0) is 12.5. The van der Waals surface area contributed by atoms with E-state index in [0.717, 1.165) is 12.5 Å². The van der Waals surface area contributed by atoms with Crippen molar-refractivity contribution in [1.29, 1.82) is 0 Å². The van der Waals surface area contributed by atoms with Gasteiger partial charge < -0.3 is 10.2 Å². The monoisotopic (exact) mass is 260 g/mol. The van der Waals surface area contributed by atoms with Crippen molar-refractivity contribution in [2.75, 3.05) is 31.6 Å². The summed E-state index contributed by atoms with van der Waals surface area (Å²) in [4.78, 5) is 13.4. The van der Waals surface area contributed by atoms with E-state index in [9.17, 15) is 13.2 Å². The molecule has 1 amide bonds. The number of likely N-dealkylation sites (N-methyl/N-ethyl adjacent to an activating group) is 1. The number of carbonyl (C=O) groups excluding carboxylic acids is 1. The number of carbonyl (C=O) groups is 1. The minimum absolute atomic E-state index is 0.00671. The fraction of sp³-hybridized carbons (Fsp3) is 0.909. The first-order valence-corrected chi connectivity index (χ1v) is 7.97. The van der Waals surface area contributed by atoms with Crippen molar-refractivity contribution in [2.24, 2.45) is 5.92 Å². The molecule has 1 unspecified atom stereocenters. The lowest BCUT2D eigenvalue weighted by Crippen LogP contribution is -2.42. The zero-order valence-electron chi connectivity index (χ0n) is 10.2. The lowest BCUT2D eigenvalue weighted by molar-refractivity contribution is -0.130. The highest BCUT2D eigenvalue weighted by molar-refractivity contribution is 7.91. The summed E-state index contributed by atoms with van der Waals surface area (Å²) in [6.45, 7) is 1.23. The molecule has 0 aromatic rings. The molecule has 1 saturated carbocycles. The second-order valence-electron chi connectivity index (χ2n) is 5.14. The average molecular weight is 260 g/mol. The summed E-state index contributed by atoms with van der Waals surface area (Å²) in [7, 11) is -1.21. The van der Waals surface area contributed by atoms with Crippen LogP contribution in [0.5, 0.6) is 0 Å². The average Bonchev–Trinajstić information content (AvgIpc) is 3.01. The van der Waals surface area contributed by atoms with E-state index in [4.69, 9.17) is 0 Å². The molecule has 1 aliphatic heterocycles. The Balaban J connectivity index is 1.74. The molecule has 2 fully saturated rings. The smallest absolute Gasteiger partial charge is 0.236 e. The Morgan fingerprint density at radius 3 is 2.59 bits per heavy atom. The molecular weight excluding hydrogens is 240 g/mol. The van der Waals surface area contributed by atoms with Crippen LogP contribution in [0.1, 0.15) is 19.3 Å². The van der Waals surface area contributed by atoms with E-state index in [1.54, 1.807) is 11.9 Å². The Morgan fingerprint density at radius 1 is 1.35 bits per heavy atom. The Labute approximate surface area is 102 Å². The molecule has 1 saturated heterocycles. The molecule has 0 bridgehead atoms. The minimum Gasteiger partial charge on any atom is -0.341 e. The third kappa shape index (κ3) is 3.67. The molecule has 1 atom stereocenters. The largest absolute Gasteiger partial charge is 0.341 e. The van der Waals surface area contributed by atoms with Crippen molar-refractivity contribution in [2.45, 2.75) is 25.3 Å². The molecular formula is C11H20N2O3S. The summed E-state index contributed by atoms with van der Waals surface area (Å²) < 4.78 is 22.7. The van der Waals surface area contributed by atoms with Crippen LogP contribution >= 0.6 is 0 Å². The van der Waals surface area contributed by atoms with Crippen LogP contribution in [0.2, 0.25) is 0 Å². The minimum atomic E-state index is -2.91. The number of nitrogens with one attached hydrogen (secondary N) is 1. The molecule has 17 heavy (non-hydrogen) atoms. The van der Waals surface area contributed by atoms with Crippen LogP contribution in [0.25, 0.3) is 0 Å². The molecule has 1 heterocycles. The number of amides is 1. The third-order valence-corrected chi connectivity index (χ3v) is 5.31. The van der Waals surface area contributed by atoms with Gasteiger partial charge >= 0.3 is 0 Å². The van der Waals surface area contributed by atoms with Gasteiger partial charge in [0.2, 0.25) is 5.91 Å². The number of sulfone groups is 1. The van der Waals surface area contributed by atoms with Gasteiger partial charge in [0.25, 0.3) is 0 Å². The molecule has 0 aromatic heterocycles. The van der Waals surface area contributed by atoms with Crippen molar-refractivity contribution in [1.82, 2.24) is 10.2 Å². The van der Waals surface area contributed by atoms with Crippen molar-refractivity contribution in [3.63, 3.8) is 0 Å². The van der Waals surface area contributed by atoms with Crippen LogP contribution in [0, 0.1) is 5.92 Å². The van der Waals surface area contributed by atoms with Gasteiger partial charge in [-0.3, -0.25) is 4.79 Å². The summed E-state index contributed by atoms with van der Waals surface area (Å²) in [5.41, 5.74) is 0. The third-order valence-electron chi connectivity index (χ3n) is 3.56. The first kappa shape index (κ1) is 12.8. The maximum Gasteiger partial charge on any atom is 0.236 e. The van der Waals surface area contributed by atoms with Crippen LogP contribution in [0.3, 0.4) is 0 Å². The maximum atomic E-state index is 11.8. The van der Waals surface area contributed by atoms with Crippen molar-refractivity contribution >= 4 is 15.7 Å². The SMILES string of the molecule is CN(C(=O)CNCC1CC1)C1CCS(=O)(=O)C1. The Kier molecular flexibility index (Phi) is 3.73. The van der Waals surface area contributed by atoms with Crippen molar-refractivity contribution < 1.29 is 13.2 Å². The van der Waals surface area contributed by atoms with Gasteiger partial charge in [-0.05, 0) is 31.7 Å². The van der Waals surface area contributed by atoms with E-state index in [1.165, 1.54) is 12.8 Å². The summed E-state index contributed by atoms with van der Waals surface area (Å²) in [5.74, 6) is 1.08. The van der Waals surface area contributed by atoms with Gasteiger partial charge in [0.15, 0.2) is 9.84 Å². The zero-order valence-corrected chi connectivity index (χ0v) is 11.0. The topological polar surface area (TPSA) is 66.5 Å². The van der Waals surface area contributed by atoms with E-state index in [2.05, 4.69) is 5.32 Å². The van der Waals surface area contributed by atoms with E-state index in [-0.39, 0.29) is 23.5 Å². The molecule has 2 rings (SSSR count). The summed E-state index contributed by atoms with van der Waals surface area (Å²) >= 11 is 0. The van der Waals surface area contributed by atoms with Gasteiger partial charge in [-0.25, -0.2) is 8.42 Å². The van der Waals surface area contributed by atoms with E-state index < -0.39 is 9.84 Å². The first-order valence-electron chi connectivity index (χ1n) is 6.15. The van der Waals surface area contributed by atoms with Gasteiger partial charge in [0, 0.05) is 13.1 Å². The maximum absolute atomic E-state index is 11.8. The first-order chi connectivity index (χ1) is 7.98. The van der Waals surface area contributed by atoms with Gasteiger partial charge in [-0.2, -0.15) is 0 Å². The Bertz CT molecular complexity index is 390. The molecule has 1 N–H and O–H groups in total. The predicted octanol–water partition coefficient (Wildman–Crippen LogP) is -0.368. The highest BCUT2D eigenvalue weighted by Crippen LogP contribution is 2.27. The number of rotatable bonds is 5. The van der Waals surface area contributed by atoms with E-state index in [0.29, 0.717) is 13.0 Å². The van der Waals surface area contributed by atoms with Crippen molar-refractivity contribution in [3.05, 3.63) is 0 Å². The fourth-order valence-corrected chi connectivity index (χ4v) is 3.89. The summed E-state index contributed by atoms with van der Waals surface area (Å²) in [6.07, 6.45) is 3.10. The molecule has 0 radical (unpaired) electrons. The van der Waals surface area contributed by atoms with Crippen LogP contribution in [-0.2, 0) is 14.6 Å². The summed E-state index contributed by atoms with van der Waals surface area (Å²) in [6, 6.07) is -0.129. The molecule has 2 aliphatic rings. The quantitative estimate of drug-likeness (QED) is 0.732. The summed E-state index contributed by atoms with van der Waals surface area (Å²) in [5, 5.41) is 3.13. The fourth-order valence-electron chi connectivity index (χ4n) is 2.11. The van der Waals surface area contributed by atoms with Crippen molar-refractivity contribution in [3.8, 4) is 0 Å². The van der Waals surface area contributed by atoms with Gasteiger partial charge in [0.05, 0.1) is 18.1 Å². The molecule has 0 aromatic carbocycles. The van der Waals surface area contributed by atoms with Crippen LogP contribution < -0.4 is 5.32 Å². The number of hydrogen-bond donors (Lipinski definition) is 1. The standard InChI is InChI=1S/C11H20N2O3S/c1-13(10-4-5-17(15,16)8-10)11(14)7-12-6-9-2-3-9/h9-10,12H,2-8H2,1H3. The molecule has 6 heteroatoms. The van der Waals surface area contributed by atoms with E-state index in [1.807, 2.05) is 0 Å².